The van der Waals surface area contributed by atoms with E-state index in [4.69, 9.17) is 9.72 Å². The van der Waals surface area contributed by atoms with Crippen LogP contribution in [0.3, 0.4) is 0 Å². The van der Waals surface area contributed by atoms with Gasteiger partial charge in [0.2, 0.25) is 5.95 Å². The van der Waals surface area contributed by atoms with E-state index >= 15 is 0 Å². The molecule has 8 nitrogen and oxygen atoms in total. The van der Waals surface area contributed by atoms with Gasteiger partial charge in [0, 0.05) is 57.5 Å². The molecule has 0 bridgehead atoms. The molecule has 2 unspecified atom stereocenters. The van der Waals surface area contributed by atoms with Gasteiger partial charge in [-0.15, -0.1) is 0 Å². The molecule has 0 aliphatic carbocycles. The average molecular weight is 493 g/mol. The second-order valence-electron chi connectivity index (χ2n) is 10.4. The van der Waals surface area contributed by atoms with Crippen molar-refractivity contribution in [3.63, 3.8) is 0 Å². The number of amides is 1. The second kappa shape index (κ2) is 11.9. The highest BCUT2D eigenvalue weighted by molar-refractivity contribution is 5.81. The third kappa shape index (κ3) is 6.27. The Balaban J connectivity index is 1.08. The van der Waals surface area contributed by atoms with Crippen molar-refractivity contribution in [3.8, 4) is 5.75 Å². The molecule has 3 aliphatic rings. The Morgan fingerprint density at radius 1 is 0.972 bits per heavy atom. The maximum absolute atomic E-state index is 12.9. The molecule has 194 valence electrons. The third-order valence-corrected chi connectivity index (χ3v) is 7.82. The van der Waals surface area contributed by atoms with Gasteiger partial charge in [-0.3, -0.25) is 9.69 Å². The van der Waals surface area contributed by atoms with Crippen LogP contribution in [0.1, 0.15) is 51.9 Å². The Morgan fingerprint density at radius 3 is 2.47 bits per heavy atom. The predicted molar refractivity (Wildman–Crippen MR) is 142 cm³/mol. The molecule has 4 heterocycles. The summed E-state index contributed by atoms with van der Waals surface area (Å²) in [5, 5.41) is 3.60. The van der Waals surface area contributed by atoms with E-state index in [-0.39, 0.29) is 5.91 Å². The Labute approximate surface area is 215 Å². The zero-order valence-corrected chi connectivity index (χ0v) is 21.5. The van der Waals surface area contributed by atoms with Gasteiger partial charge in [-0.05, 0) is 57.2 Å². The number of para-hydroxylation sites is 1. The highest BCUT2D eigenvalue weighted by Gasteiger charge is 2.33. The summed E-state index contributed by atoms with van der Waals surface area (Å²) in [6, 6.07) is 12.5. The molecule has 0 saturated carbocycles. The van der Waals surface area contributed by atoms with Gasteiger partial charge in [0.05, 0.1) is 0 Å². The topological polar surface area (TPSA) is 73.8 Å². The molecular formula is C28H40N6O2. The molecule has 1 aromatic heterocycles. The number of rotatable bonds is 7. The molecule has 3 fully saturated rings. The number of carbonyl (C=O) groups excluding carboxylic acids is 1. The normalized spacial score (nSPS) is 22.8. The SMILES string of the molecule is CC(Oc1ccccc1)C(=O)N1CCC(N2CCC(Nc3nccc(N4CCCCCC4)n3)C2)CC1. The highest BCUT2D eigenvalue weighted by Crippen LogP contribution is 2.24. The quantitative estimate of drug-likeness (QED) is 0.630. The van der Waals surface area contributed by atoms with Crippen molar-refractivity contribution >= 4 is 17.7 Å². The lowest BCUT2D eigenvalue weighted by Crippen LogP contribution is -2.49. The minimum atomic E-state index is -0.464. The van der Waals surface area contributed by atoms with Gasteiger partial charge in [0.1, 0.15) is 11.6 Å². The van der Waals surface area contributed by atoms with Crippen molar-refractivity contribution in [2.75, 3.05) is 49.5 Å². The number of nitrogens with one attached hydrogen (secondary N) is 1. The third-order valence-electron chi connectivity index (χ3n) is 7.82. The summed E-state index contributed by atoms with van der Waals surface area (Å²) < 4.78 is 5.86. The fourth-order valence-electron chi connectivity index (χ4n) is 5.78. The van der Waals surface area contributed by atoms with E-state index in [1.165, 1.54) is 25.7 Å². The molecule has 0 radical (unpaired) electrons. The van der Waals surface area contributed by atoms with E-state index in [9.17, 15) is 4.79 Å². The summed E-state index contributed by atoms with van der Waals surface area (Å²) in [4.78, 5) is 29.2. The van der Waals surface area contributed by atoms with Gasteiger partial charge in [-0.25, -0.2) is 4.98 Å². The number of piperidine rings is 1. The van der Waals surface area contributed by atoms with E-state index < -0.39 is 6.10 Å². The summed E-state index contributed by atoms with van der Waals surface area (Å²) in [5.41, 5.74) is 0. The summed E-state index contributed by atoms with van der Waals surface area (Å²) >= 11 is 0. The lowest BCUT2D eigenvalue weighted by atomic mass is 10.0. The van der Waals surface area contributed by atoms with Crippen LogP contribution in [0.5, 0.6) is 5.75 Å². The monoisotopic (exact) mass is 492 g/mol. The Bertz CT molecular complexity index is 973. The summed E-state index contributed by atoms with van der Waals surface area (Å²) in [5.74, 6) is 2.62. The molecule has 3 aliphatic heterocycles. The number of carbonyl (C=O) groups is 1. The van der Waals surface area contributed by atoms with Gasteiger partial charge in [-0.1, -0.05) is 31.0 Å². The average Bonchev–Trinajstić information content (AvgIpc) is 3.20. The van der Waals surface area contributed by atoms with Crippen LogP contribution in [0.4, 0.5) is 11.8 Å². The number of hydrogen-bond donors (Lipinski definition) is 1. The highest BCUT2D eigenvalue weighted by atomic mass is 16.5. The van der Waals surface area contributed by atoms with Crippen molar-refractivity contribution < 1.29 is 9.53 Å². The molecule has 0 spiro atoms. The fourth-order valence-corrected chi connectivity index (χ4v) is 5.78. The van der Waals surface area contributed by atoms with Crippen LogP contribution in [-0.2, 0) is 4.79 Å². The van der Waals surface area contributed by atoms with Crippen molar-refractivity contribution in [1.82, 2.24) is 19.8 Å². The fraction of sp³-hybridized carbons (Fsp3) is 0.607. The van der Waals surface area contributed by atoms with Crippen LogP contribution in [0.15, 0.2) is 42.6 Å². The second-order valence-corrected chi connectivity index (χ2v) is 10.4. The number of anilines is 2. The Kier molecular flexibility index (Phi) is 8.21. The molecular weight excluding hydrogens is 452 g/mol. The first kappa shape index (κ1) is 24.8. The number of ether oxygens (including phenoxy) is 1. The van der Waals surface area contributed by atoms with Gasteiger partial charge >= 0.3 is 0 Å². The van der Waals surface area contributed by atoms with Crippen LogP contribution in [-0.4, -0.2) is 83.1 Å². The minimum absolute atomic E-state index is 0.0831. The van der Waals surface area contributed by atoms with Gasteiger partial charge in [0.15, 0.2) is 6.10 Å². The first-order valence-corrected chi connectivity index (χ1v) is 13.7. The molecule has 8 heteroatoms. The summed E-state index contributed by atoms with van der Waals surface area (Å²) in [7, 11) is 0. The van der Waals surface area contributed by atoms with Crippen LogP contribution < -0.4 is 15.0 Å². The summed E-state index contributed by atoms with van der Waals surface area (Å²) in [6.45, 7) is 7.70. The molecule has 1 amide bonds. The van der Waals surface area contributed by atoms with Crippen molar-refractivity contribution in [3.05, 3.63) is 42.6 Å². The minimum Gasteiger partial charge on any atom is -0.481 e. The first-order valence-electron chi connectivity index (χ1n) is 13.7. The van der Waals surface area contributed by atoms with E-state index in [0.29, 0.717) is 12.1 Å². The predicted octanol–water partition coefficient (Wildman–Crippen LogP) is 3.80. The molecule has 1 aromatic carbocycles. The van der Waals surface area contributed by atoms with Crippen LogP contribution in [0.25, 0.3) is 0 Å². The van der Waals surface area contributed by atoms with E-state index in [0.717, 1.165) is 76.0 Å². The number of nitrogens with zero attached hydrogens (tertiary/aromatic N) is 5. The maximum atomic E-state index is 12.9. The lowest BCUT2D eigenvalue weighted by molar-refractivity contribution is -0.139. The van der Waals surface area contributed by atoms with Crippen molar-refractivity contribution in [2.24, 2.45) is 0 Å². The number of benzene rings is 1. The largest absolute Gasteiger partial charge is 0.481 e. The smallest absolute Gasteiger partial charge is 0.263 e. The van der Waals surface area contributed by atoms with Crippen molar-refractivity contribution in [1.29, 1.82) is 0 Å². The molecule has 3 saturated heterocycles. The number of aromatic nitrogens is 2. The Hall–Kier alpha value is -2.87. The molecule has 36 heavy (non-hydrogen) atoms. The molecule has 1 N–H and O–H groups in total. The summed E-state index contributed by atoms with van der Waals surface area (Å²) in [6.07, 6.45) is 9.66. The molecule has 2 atom stereocenters. The molecule has 5 rings (SSSR count). The van der Waals surface area contributed by atoms with Gasteiger partial charge in [0.25, 0.3) is 5.91 Å². The van der Waals surface area contributed by atoms with Gasteiger partial charge in [-0.2, -0.15) is 4.98 Å². The number of hydrogen-bond acceptors (Lipinski definition) is 7. The Morgan fingerprint density at radius 2 is 1.72 bits per heavy atom. The van der Waals surface area contributed by atoms with Crippen LogP contribution >= 0.6 is 0 Å². The van der Waals surface area contributed by atoms with E-state index in [1.807, 2.05) is 54.4 Å². The molecule has 2 aromatic rings. The first-order chi connectivity index (χ1) is 17.7. The maximum Gasteiger partial charge on any atom is 0.263 e. The lowest BCUT2D eigenvalue weighted by Gasteiger charge is -2.37. The zero-order chi connectivity index (χ0) is 24.7. The van der Waals surface area contributed by atoms with E-state index in [1.54, 1.807) is 0 Å². The van der Waals surface area contributed by atoms with Crippen LogP contribution in [0.2, 0.25) is 0 Å². The standard InChI is InChI=1S/C28H40N6O2/c1-22(36-25-9-5-4-6-10-25)27(35)33-19-13-24(14-20-33)34-18-12-23(21-34)30-28-29-15-11-26(31-28)32-16-7-2-3-8-17-32/h4-6,9-11,15,22-24H,2-3,7-8,12-14,16-21H2,1H3,(H,29,30,31). The number of likely N-dealkylation sites (tertiary alicyclic amines) is 2. The van der Waals surface area contributed by atoms with Crippen LogP contribution in [0, 0.1) is 0 Å². The van der Waals surface area contributed by atoms with Gasteiger partial charge < -0.3 is 19.9 Å². The zero-order valence-electron chi connectivity index (χ0n) is 21.5. The van der Waals surface area contributed by atoms with Crippen molar-refractivity contribution in [2.45, 2.75) is 70.1 Å². The van der Waals surface area contributed by atoms with E-state index in [2.05, 4.69) is 20.1 Å².